The predicted octanol–water partition coefficient (Wildman–Crippen LogP) is 2.98. The van der Waals surface area contributed by atoms with E-state index in [9.17, 15) is 9.59 Å². The van der Waals surface area contributed by atoms with Gasteiger partial charge in [-0.3, -0.25) is 9.59 Å². The average molecular weight is 412 g/mol. The van der Waals surface area contributed by atoms with Crippen LogP contribution in [0.1, 0.15) is 18.0 Å². The number of fused-ring (bicyclic) bond motifs is 3. The van der Waals surface area contributed by atoms with E-state index in [2.05, 4.69) is 38.1 Å². The first kappa shape index (κ1) is 16.2. The lowest BCUT2D eigenvalue weighted by molar-refractivity contribution is -0.126. The van der Waals surface area contributed by atoms with Gasteiger partial charge >= 0.3 is 0 Å². The smallest absolute Gasteiger partial charge is 0.253 e. The molecule has 0 aromatic heterocycles. The molecule has 3 aliphatic rings. The van der Waals surface area contributed by atoms with Gasteiger partial charge in [0.1, 0.15) is 6.04 Å². The Labute approximate surface area is 160 Å². The first-order valence-corrected chi connectivity index (χ1v) is 9.67. The fraction of sp³-hybridized carbons (Fsp3) is 0.300. The summed E-state index contributed by atoms with van der Waals surface area (Å²) in [5.41, 5.74) is 1.75. The summed E-state index contributed by atoms with van der Waals surface area (Å²) in [5, 5.41) is 4.36. The molecule has 132 valence electrons. The number of benzene rings is 2. The highest BCUT2D eigenvalue weighted by atomic mass is 79.9. The molecule has 0 aliphatic carbocycles. The zero-order chi connectivity index (χ0) is 17.8. The van der Waals surface area contributed by atoms with Gasteiger partial charge in [0.2, 0.25) is 5.91 Å². The summed E-state index contributed by atoms with van der Waals surface area (Å²) in [6.45, 7) is 1.73. The number of hydrazine groups is 1. The first-order valence-electron chi connectivity index (χ1n) is 8.88. The molecule has 0 unspecified atom stereocenters. The number of hydrogen-bond acceptors (Lipinski definition) is 4. The number of halogens is 1. The van der Waals surface area contributed by atoms with Crippen LogP contribution in [0.4, 0.5) is 5.69 Å². The summed E-state index contributed by atoms with van der Waals surface area (Å²) in [4.78, 5) is 27.9. The van der Waals surface area contributed by atoms with Crippen molar-refractivity contribution in [2.45, 2.75) is 18.5 Å². The molecule has 5 nitrogen and oxygen atoms in total. The minimum atomic E-state index is -0.390. The summed E-state index contributed by atoms with van der Waals surface area (Å²) < 4.78 is 0.924. The van der Waals surface area contributed by atoms with Crippen LogP contribution in [-0.4, -0.2) is 41.0 Å². The maximum atomic E-state index is 13.3. The third kappa shape index (κ3) is 2.22. The summed E-state index contributed by atoms with van der Waals surface area (Å²) in [6.07, 6.45) is 1.02. The standard InChI is InChI=1S/C20H18BrN3O2/c21-14-7-9-15(10-8-14)24-19(25)16-17(13-5-2-1-3-6-13)22-11-4-12-23(22)18(16)20(24)26/h1-3,5-10,16-18H,4,11-12H2/t16-,17+,18+/m0/s1. The number of hydrogen-bond donors (Lipinski definition) is 0. The van der Waals surface area contributed by atoms with Gasteiger partial charge in [-0.2, -0.15) is 0 Å². The summed E-state index contributed by atoms with van der Waals surface area (Å²) in [5.74, 6) is -0.549. The van der Waals surface area contributed by atoms with Gasteiger partial charge in [-0.25, -0.2) is 14.9 Å². The van der Waals surface area contributed by atoms with Gasteiger partial charge in [-0.15, -0.1) is 0 Å². The van der Waals surface area contributed by atoms with Crippen LogP contribution in [0, 0.1) is 5.92 Å². The Morgan fingerprint density at radius 3 is 2.15 bits per heavy atom. The molecular weight excluding hydrogens is 394 g/mol. The maximum absolute atomic E-state index is 13.3. The van der Waals surface area contributed by atoms with E-state index in [-0.39, 0.29) is 29.8 Å². The number of anilines is 1. The molecular formula is C20H18BrN3O2. The Morgan fingerprint density at radius 2 is 1.46 bits per heavy atom. The van der Waals surface area contributed by atoms with Crippen LogP contribution in [0.25, 0.3) is 0 Å². The van der Waals surface area contributed by atoms with Gasteiger partial charge in [0, 0.05) is 17.6 Å². The topological polar surface area (TPSA) is 43.9 Å². The molecule has 2 aromatic carbocycles. The number of nitrogens with zero attached hydrogens (tertiary/aromatic N) is 3. The van der Waals surface area contributed by atoms with E-state index >= 15 is 0 Å². The summed E-state index contributed by atoms with van der Waals surface area (Å²) in [6, 6.07) is 17.0. The molecule has 0 saturated carbocycles. The third-order valence-corrected chi connectivity index (χ3v) is 6.16. The van der Waals surface area contributed by atoms with Crippen molar-refractivity contribution in [3.63, 3.8) is 0 Å². The van der Waals surface area contributed by atoms with E-state index in [1.165, 1.54) is 4.90 Å². The largest absolute Gasteiger partial charge is 0.274 e. The van der Waals surface area contributed by atoms with Crippen molar-refractivity contribution in [3.05, 3.63) is 64.6 Å². The van der Waals surface area contributed by atoms with Crippen molar-refractivity contribution < 1.29 is 9.59 Å². The van der Waals surface area contributed by atoms with Gasteiger partial charge in [0.25, 0.3) is 5.91 Å². The predicted molar refractivity (Wildman–Crippen MR) is 101 cm³/mol. The summed E-state index contributed by atoms with van der Waals surface area (Å²) in [7, 11) is 0. The highest BCUT2D eigenvalue weighted by molar-refractivity contribution is 9.10. The fourth-order valence-electron chi connectivity index (χ4n) is 4.61. The van der Waals surface area contributed by atoms with Gasteiger partial charge in [-0.05, 0) is 36.2 Å². The summed E-state index contributed by atoms with van der Waals surface area (Å²) >= 11 is 3.41. The molecule has 0 N–H and O–H groups in total. The molecule has 3 saturated heterocycles. The highest BCUT2D eigenvalue weighted by Gasteiger charge is 2.62. The fourth-order valence-corrected chi connectivity index (χ4v) is 4.87. The number of rotatable bonds is 2. The van der Waals surface area contributed by atoms with Crippen LogP contribution in [-0.2, 0) is 9.59 Å². The van der Waals surface area contributed by atoms with Crippen LogP contribution in [0.15, 0.2) is 59.1 Å². The Hall–Kier alpha value is -2.02. The minimum Gasteiger partial charge on any atom is -0.274 e. The molecule has 2 aromatic rings. The normalized spacial score (nSPS) is 28.7. The first-order chi connectivity index (χ1) is 12.7. The van der Waals surface area contributed by atoms with Crippen LogP contribution < -0.4 is 4.90 Å². The second kappa shape index (κ2) is 6.01. The van der Waals surface area contributed by atoms with Crippen molar-refractivity contribution in [3.8, 4) is 0 Å². The molecule has 3 heterocycles. The van der Waals surface area contributed by atoms with E-state index in [0.29, 0.717) is 5.69 Å². The van der Waals surface area contributed by atoms with Crippen LogP contribution >= 0.6 is 15.9 Å². The number of carbonyl (C=O) groups excluding carboxylic acids is 2. The molecule has 6 heteroatoms. The van der Waals surface area contributed by atoms with Gasteiger partial charge in [0.15, 0.2) is 0 Å². The molecule has 0 spiro atoms. The molecule has 2 amide bonds. The Bertz CT molecular complexity index is 870. The number of carbonyl (C=O) groups is 2. The van der Waals surface area contributed by atoms with E-state index in [4.69, 9.17) is 0 Å². The SMILES string of the molecule is O=C1[C@H]2[C@@H](c3ccccc3)N3CCCN3[C@H]2C(=O)N1c1ccc(Br)cc1. The number of amides is 2. The molecule has 0 bridgehead atoms. The van der Waals surface area contributed by atoms with Gasteiger partial charge in [-0.1, -0.05) is 46.3 Å². The van der Waals surface area contributed by atoms with Crippen molar-refractivity contribution in [2.24, 2.45) is 5.92 Å². The average Bonchev–Trinajstić information content (AvgIpc) is 3.29. The number of imide groups is 1. The van der Waals surface area contributed by atoms with Gasteiger partial charge in [0.05, 0.1) is 17.6 Å². The van der Waals surface area contributed by atoms with Crippen molar-refractivity contribution in [1.29, 1.82) is 0 Å². The Morgan fingerprint density at radius 1 is 0.808 bits per heavy atom. The second-order valence-corrected chi connectivity index (χ2v) is 7.91. The van der Waals surface area contributed by atoms with E-state index in [1.807, 2.05) is 42.5 Å². The van der Waals surface area contributed by atoms with Crippen LogP contribution in [0.5, 0.6) is 0 Å². The Balaban J connectivity index is 1.58. The Kier molecular flexibility index (Phi) is 3.74. The molecule has 0 radical (unpaired) electrons. The molecule has 5 rings (SSSR count). The van der Waals surface area contributed by atoms with Crippen LogP contribution in [0.2, 0.25) is 0 Å². The molecule has 3 aliphatic heterocycles. The van der Waals surface area contributed by atoms with E-state index < -0.39 is 0 Å². The van der Waals surface area contributed by atoms with Crippen molar-refractivity contribution in [2.75, 3.05) is 18.0 Å². The maximum Gasteiger partial charge on any atom is 0.253 e. The minimum absolute atomic E-state index is 0.0689. The zero-order valence-electron chi connectivity index (χ0n) is 14.1. The third-order valence-electron chi connectivity index (χ3n) is 5.63. The lowest BCUT2D eigenvalue weighted by Crippen LogP contribution is -2.44. The molecule has 26 heavy (non-hydrogen) atoms. The molecule has 3 fully saturated rings. The lowest BCUT2D eigenvalue weighted by Gasteiger charge is -2.29. The second-order valence-electron chi connectivity index (χ2n) is 6.99. The van der Waals surface area contributed by atoms with Gasteiger partial charge < -0.3 is 0 Å². The van der Waals surface area contributed by atoms with Crippen molar-refractivity contribution in [1.82, 2.24) is 10.0 Å². The van der Waals surface area contributed by atoms with E-state index in [0.717, 1.165) is 29.5 Å². The van der Waals surface area contributed by atoms with Crippen molar-refractivity contribution >= 4 is 33.4 Å². The molecule has 3 atom stereocenters. The quantitative estimate of drug-likeness (QED) is 0.712. The van der Waals surface area contributed by atoms with Crippen LogP contribution in [0.3, 0.4) is 0 Å². The zero-order valence-corrected chi connectivity index (χ0v) is 15.7. The lowest BCUT2D eigenvalue weighted by atomic mass is 9.90. The highest BCUT2D eigenvalue weighted by Crippen LogP contribution is 2.48. The van der Waals surface area contributed by atoms with E-state index in [1.54, 1.807) is 0 Å². The monoisotopic (exact) mass is 411 g/mol.